The van der Waals surface area contributed by atoms with Crippen molar-refractivity contribution in [2.24, 2.45) is 0 Å². The van der Waals surface area contributed by atoms with Gasteiger partial charge in [0.2, 0.25) is 5.71 Å². The van der Waals surface area contributed by atoms with Crippen molar-refractivity contribution in [1.29, 1.82) is 0 Å². The van der Waals surface area contributed by atoms with Crippen LogP contribution in [0.25, 0.3) is 16.8 Å². The van der Waals surface area contributed by atoms with Gasteiger partial charge in [0, 0.05) is 5.56 Å². The van der Waals surface area contributed by atoms with E-state index in [0.29, 0.717) is 5.69 Å². The Morgan fingerprint density at radius 3 is 2.52 bits per heavy atom. The third-order valence-corrected chi connectivity index (χ3v) is 4.40. The van der Waals surface area contributed by atoms with Gasteiger partial charge in [0.25, 0.3) is 5.91 Å². The predicted octanol–water partition coefficient (Wildman–Crippen LogP) is 3.55. The first-order chi connectivity index (χ1) is 15.0. The van der Waals surface area contributed by atoms with Crippen LogP contribution in [-0.4, -0.2) is 28.3 Å². The average Bonchev–Trinajstić information content (AvgIpc) is 3.13. The van der Waals surface area contributed by atoms with Crippen LogP contribution < -0.4 is 10.9 Å². The Labute approximate surface area is 174 Å². The van der Waals surface area contributed by atoms with Gasteiger partial charge in [-0.3, -0.25) is 4.79 Å². The second-order valence-corrected chi connectivity index (χ2v) is 6.44. The van der Waals surface area contributed by atoms with E-state index in [2.05, 4.69) is 10.4 Å². The lowest BCUT2D eigenvalue weighted by Crippen LogP contribution is -2.18. The van der Waals surface area contributed by atoms with Crippen molar-refractivity contribution in [1.82, 2.24) is 9.78 Å². The molecule has 1 N–H and O–H groups in total. The number of carbonyl (C=O) groups is 2. The fraction of sp³-hybridized carbons (Fsp3) is 0.0909. The molecule has 0 aliphatic heterocycles. The minimum Gasteiger partial charge on any atom is -0.461 e. The minimum absolute atomic E-state index is 0.0269. The molecule has 0 aliphatic rings. The lowest BCUT2D eigenvalue weighted by molar-refractivity contribution is 0.0521. The number of halogens is 1. The zero-order valence-corrected chi connectivity index (χ0v) is 16.3. The summed E-state index contributed by atoms with van der Waals surface area (Å²) in [5, 5.41) is 6.88. The van der Waals surface area contributed by atoms with Crippen molar-refractivity contribution in [3.8, 4) is 5.69 Å². The molecule has 0 unspecified atom stereocenters. The van der Waals surface area contributed by atoms with Crippen molar-refractivity contribution < 1.29 is 23.1 Å². The second-order valence-electron chi connectivity index (χ2n) is 6.44. The van der Waals surface area contributed by atoms with Crippen LogP contribution in [0.15, 0.2) is 69.9 Å². The number of para-hydroxylation sites is 1. The molecule has 0 bridgehead atoms. The van der Waals surface area contributed by atoms with Crippen LogP contribution >= 0.6 is 0 Å². The molecule has 0 fully saturated rings. The Morgan fingerprint density at radius 1 is 1.13 bits per heavy atom. The molecular formula is C22H16FN3O5. The van der Waals surface area contributed by atoms with Gasteiger partial charge < -0.3 is 14.5 Å². The number of esters is 1. The first-order valence-corrected chi connectivity index (χ1v) is 9.34. The molecular weight excluding hydrogens is 405 g/mol. The zero-order chi connectivity index (χ0) is 22.0. The molecule has 8 nitrogen and oxygen atoms in total. The Kier molecular flexibility index (Phi) is 5.31. The lowest BCUT2D eigenvalue weighted by Gasteiger charge is -2.05. The number of amides is 1. The van der Waals surface area contributed by atoms with Gasteiger partial charge in [-0.2, -0.15) is 9.78 Å². The van der Waals surface area contributed by atoms with E-state index in [1.807, 2.05) is 0 Å². The van der Waals surface area contributed by atoms with Crippen LogP contribution in [0.1, 0.15) is 27.8 Å². The van der Waals surface area contributed by atoms with Gasteiger partial charge in [-0.15, -0.1) is 0 Å². The van der Waals surface area contributed by atoms with Gasteiger partial charge >= 0.3 is 11.6 Å². The normalized spacial score (nSPS) is 10.8. The summed E-state index contributed by atoms with van der Waals surface area (Å²) in [6.07, 6.45) is 0. The van der Waals surface area contributed by atoms with Crippen molar-refractivity contribution in [3.63, 3.8) is 0 Å². The Bertz CT molecular complexity index is 1330. The highest BCUT2D eigenvalue weighted by atomic mass is 19.1. The number of fused-ring (bicyclic) bond motifs is 1. The average molecular weight is 421 g/mol. The molecule has 156 valence electrons. The Balaban J connectivity index is 1.82. The van der Waals surface area contributed by atoms with E-state index in [1.165, 1.54) is 22.9 Å². The van der Waals surface area contributed by atoms with Gasteiger partial charge in [-0.1, -0.05) is 18.2 Å². The first-order valence-electron chi connectivity index (χ1n) is 9.34. The fourth-order valence-corrected chi connectivity index (χ4v) is 2.97. The standard InChI is InChI=1S/C22H16FN3O5/c1-2-30-22(29)18-16-12-17(24-19(27)13-8-10-14(23)11-9-13)21(28)31-20(16)26(25-18)15-6-4-3-5-7-15/h3-12H,2H2,1H3,(H,24,27). The number of anilines is 1. The van der Waals surface area contributed by atoms with E-state index in [9.17, 15) is 18.8 Å². The van der Waals surface area contributed by atoms with Gasteiger partial charge in [-0.25, -0.2) is 14.0 Å². The summed E-state index contributed by atoms with van der Waals surface area (Å²) in [5.74, 6) is -1.84. The van der Waals surface area contributed by atoms with Gasteiger partial charge in [0.05, 0.1) is 17.7 Å². The number of hydrogen-bond acceptors (Lipinski definition) is 6. The molecule has 0 aliphatic carbocycles. The van der Waals surface area contributed by atoms with Crippen LogP contribution in [0.2, 0.25) is 0 Å². The summed E-state index contributed by atoms with van der Waals surface area (Å²) in [5.41, 5.74) is -0.364. The van der Waals surface area contributed by atoms with Gasteiger partial charge in [-0.05, 0) is 49.4 Å². The molecule has 0 saturated heterocycles. The molecule has 4 rings (SSSR count). The maximum absolute atomic E-state index is 13.1. The summed E-state index contributed by atoms with van der Waals surface area (Å²) in [7, 11) is 0. The number of ether oxygens (including phenoxy) is 1. The summed E-state index contributed by atoms with van der Waals surface area (Å²) < 4.78 is 24.9. The van der Waals surface area contributed by atoms with E-state index >= 15 is 0 Å². The number of rotatable bonds is 5. The smallest absolute Gasteiger partial charge is 0.361 e. The molecule has 4 aromatic rings. The van der Waals surface area contributed by atoms with Crippen molar-refractivity contribution in [3.05, 3.63) is 88.2 Å². The molecule has 1 amide bonds. The number of nitrogens with zero attached hydrogens (tertiary/aromatic N) is 2. The third-order valence-electron chi connectivity index (χ3n) is 4.40. The summed E-state index contributed by atoms with van der Waals surface area (Å²) >= 11 is 0. The molecule has 0 saturated carbocycles. The minimum atomic E-state index is -0.838. The maximum Gasteiger partial charge on any atom is 0.361 e. The van der Waals surface area contributed by atoms with E-state index in [4.69, 9.17) is 9.15 Å². The maximum atomic E-state index is 13.1. The fourth-order valence-electron chi connectivity index (χ4n) is 2.97. The number of aromatic nitrogens is 2. The third kappa shape index (κ3) is 3.93. The zero-order valence-electron chi connectivity index (χ0n) is 16.3. The lowest BCUT2D eigenvalue weighted by atomic mass is 10.2. The second kappa shape index (κ2) is 8.23. The molecule has 2 aromatic carbocycles. The van der Waals surface area contributed by atoms with Crippen LogP contribution in [0.3, 0.4) is 0 Å². The SMILES string of the molecule is CCOC(=O)c1nn(-c2ccccc2)c2oc(=O)c(NC(=O)c3ccc(F)cc3)cc12. The van der Waals surface area contributed by atoms with Gasteiger partial charge in [0.15, 0.2) is 5.69 Å². The van der Waals surface area contributed by atoms with Crippen LogP contribution in [0, 0.1) is 5.82 Å². The van der Waals surface area contributed by atoms with Crippen molar-refractivity contribution in [2.75, 3.05) is 11.9 Å². The van der Waals surface area contributed by atoms with Crippen molar-refractivity contribution in [2.45, 2.75) is 6.92 Å². The van der Waals surface area contributed by atoms with E-state index < -0.39 is 23.3 Å². The van der Waals surface area contributed by atoms with Crippen LogP contribution in [-0.2, 0) is 4.74 Å². The molecule has 2 heterocycles. The molecule has 2 aromatic heterocycles. The molecule has 31 heavy (non-hydrogen) atoms. The Morgan fingerprint density at radius 2 is 1.84 bits per heavy atom. The summed E-state index contributed by atoms with van der Waals surface area (Å²) in [6, 6.07) is 14.9. The Hall–Kier alpha value is -4.27. The van der Waals surface area contributed by atoms with Crippen molar-refractivity contribution >= 4 is 28.7 Å². The molecule has 0 spiro atoms. The largest absolute Gasteiger partial charge is 0.461 e. The number of hydrogen-bond donors (Lipinski definition) is 1. The van der Waals surface area contributed by atoms with Crippen LogP contribution in [0.5, 0.6) is 0 Å². The highest BCUT2D eigenvalue weighted by molar-refractivity contribution is 6.06. The van der Waals surface area contributed by atoms with Gasteiger partial charge in [0.1, 0.15) is 11.5 Å². The predicted molar refractivity (Wildman–Crippen MR) is 110 cm³/mol. The monoisotopic (exact) mass is 421 g/mol. The van der Waals surface area contributed by atoms with E-state index in [1.54, 1.807) is 37.3 Å². The highest BCUT2D eigenvalue weighted by Crippen LogP contribution is 2.24. The van der Waals surface area contributed by atoms with E-state index in [0.717, 1.165) is 12.1 Å². The first kappa shape index (κ1) is 20.0. The molecule has 9 heteroatoms. The number of benzene rings is 2. The summed E-state index contributed by atoms with van der Waals surface area (Å²) in [6.45, 7) is 1.78. The molecule has 0 atom stereocenters. The summed E-state index contributed by atoms with van der Waals surface area (Å²) in [4.78, 5) is 37.4. The van der Waals surface area contributed by atoms with E-state index in [-0.39, 0.29) is 34.7 Å². The highest BCUT2D eigenvalue weighted by Gasteiger charge is 2.23. The molecule has 0 radical (unpaired) electrons. The number of carbonyl (C=O) groups excluding carboxylic acids is 2. The quantitative estimate of drug-likeness (QED) is 0.495. The van der Waals surface area contributed by atoms with Crippen LogP contribution in [0.4, 0.5) is 10.1 Å². The topological polar surface area (TPSA) is 103 Å². The number of nitrogens with one attached hydrogen (secondary N) is 1.